The summed E-state index contributed by atoms with van der Waals surface area (Å²) < 4.78 is 18.0. The molecule has 0 aliphatic carbocycles. The Bertz CT molecular complexity index is 569. The molecule has 1 aromatic rings. The van der Waals surface area contributed by atoms with Crippen molar-refractivity contribution in [3.63, 3.8) is 0 Å². The Balaban J connectivity index is 1.57. The molecule has 3 heterocycles. The van der Waals surface area contributed by atoms with Crippen molar-refractivity contribution in [2.24, 2.45) is 0 Å². The summed E-state index contributed by atoms with van der Waals surface area (Å²) in [6.07, 6.45) is 5.16. The Morgan fingerprint density at radius 2 is 1.91 bits per heavy atom. The van der Waals surface area contributed by atoms with Gasteiger partial charge < -0.3 is 14.2 Å². The molecule has 124 valence electrons. The summed E-state index contributed by atoms with van der Waals surface area (Å²) in [5, 5.41) is 0. The second kappa shape index (κ2) is 6.27. The minimum atomic E-state index is -0.437. The van der Waals surface area contributed by atoms with Crippen molar-refractivity contribution >= 4 is 6.08 Å². The average molecular weight is 315 g/mol. The molecule has 0 unspecified atom stereocenters. The number of morpholine rings is 1. The number of benzene rings is 1. The molecule has 0 saturated carbocycles. The second-order valence-electron chi connectivity index (χ2n) is 6.76. The van der Waals surface area contributed by atoms with Crippen molar-refractivity contribution in [1.29, 1.82) is 0 Å². The lowest BCUT2D eigenvalue weighted by Crippen LogP contribution is -2.53. The molecule has 4 nitrogen and oxygen atoms in total. The Morgan fingerprint density at radius 3 is 2.61 bits per heavy atom. The monoisotopic (exact) mass is 315 g/mol. The van der Waals surface area contributed by atoms with Crippen LogP contribution in [-0.2, 0) is 14.2 Å². The zero-order valence-corrected chi connectivity index (χ0v) is 13.8. The van der Waals surface area contributed by atoms with Gasteiger partial charge in [-0.3, -0.25) is 4.90 Å². The molecule has 3 aliphatic rings. The van der Waals surface area contributed by atoms with E-state index < -0.39 is 5.79 Å². The first-order valence-electron chi connectivity index (χ1n) is 8.67. The van der Waals surface area contributed by atoms with Crippen molar-refractivity contribution in [1.82, 2.24) is 4.90 Å². The summed E-state index contributed by atoms with van der Waals surface area (Å²) in [6, 6.07) is 8.89. The highest BCUT2D eigenvalue weighted by Gasteiger charge is 2.53. The van der Waals surface area contributed by atoms with Crippen LogP contribution in [0.2, 0.25) is 0 Å². The van der Waals surface area contributed by atoms with Crippen molar-refractivity contribution in [3.05, 3.63) is 41.2 Å². The molecule has 2 atom stereocenters. The number of aryl methyl sites for hydroxylation is 1. The summed E-state index contributed by atoms with van der Waals surface area (Å²) in [5.74, 6) is 0.612. The van der Waals surface area contributed by atoms with Crippen molar-refractivity contribution in [2.75, 3.05) is 32.9 Å². The third kappa shape index (κ3) is 3.03. The quantitative estimate of drug-likeness (QED) is 0.839. The molecule has 1 aromatic carbocycles. The maximum atomic E-state index is 6.37. The summed E-state index contributed by atoms with van der Waals surface area (Å²) in [7, 11) is 0. The predicted molar refractivity (Wildman–Crippen MR) is 89.0 cm³/mol. The van der Waals surface area contributed by atoms with Crippen LogP contribution in [0.1, 0.15) is 30.4 Å². The Kier molecular flexibility index (Phi) is 4.14. The first-order chi connectivity index (χ1) is 11.3. The zero-order chi connectivity index (χ0) is 15.7. The lowest BCUT2D eigenvalue weighted by atomic mass is 10.0. The van der Waals surface area contributed by atoms with E-state index in [0.717, 1.165) is 57.9 Å². The van der Waals surface area contributed by atoms with Gasteiger partial charge in [-0.15, -0.1) is 0 Å². The summed E-state index contributed by atoms with van der Waals surface area (Å²) in [4.78, 5) is 2.49. The van der Waals surface area contributed by atoms with Gasteiger partial charge in [0, 0.05) is 25.9 Å². The van der Waals surface area contributed by atoms with Gasteiger partial charge >= 0.3 is 0 Å². The first-order valence-corrected chi connectivity index (χ1v) is 8.67. The predicted octanol–water partition coefficient (Wildman–Crippen LogP) is 2.96. The first kappa shape index (κ1) is 15.2. The van der Waals surface area contributed by atoms with Gasteiger partial charge in [0.2, 0.25) is 5.79 Å². The fraction of sp³-hybridized carbons (Fsp3) is 0.579. The van der Waals surface area contributed by atoms with Crippen LogP contribution in [0.5, 0.6) is 0 Å². The Labute approximate surface area is 138 Å². The molecule has 3 fully saturated rings. The van der Waals surface area contributed by atoms with Crippen LogP contribution in [0.4, 0.5) is 0 Å². The van der Waals surface area contributed by atoms with Crippen LogP contribution in [0.25, 0.3) is 6.08 Å². The van der Waals surface area contributed by atoms with E-state index in [0.29, 0.717) is 6.04 Å². The fourth-order valence-electron chi connectivity index (χ4n) is 3.89. The molecule has 1 spiro atoms. The third-order valence-electron chi connectivity index (χ3n) is 5.11. The van der Waals surface area contributed by atoms with Crippen LogP contribution in [0.15, 0.2) is 30.0 Å². The molecule has 3 saturated heterocycles. The molecule has 0 N–H and O–H groups in total. The molecule has 4 heteroatoms. The molecule has 0 radical (unpaired) electrons. The molecule has 4 rings (SSSR count). The second-order valence-corrected chi connectivity index (χ2v) is 6.76. The summed E-state index contributed by atoms with van der Waals surface area (Å²) in [6.45, 7) is 6.47. The van der Waals surface area contributed by atoms with Crippen molar-refractivity contribution in [3.8, 4) is 0 Å². The number of hydrogen-bond acceptors (Lipinski definition) is 4. The third-order valence-corrected chi connectivity index (χ3v) is 5.11. The van der Waals surface area contributed by atoms with Crippen LogP contribution >= 0.6 is 0 Å². The van der Waals surface area contributed by atoms with Gasteiger partial charge in [-0.25, -0.2) is 0 Å². The van der Waals surface area contributed by atoms with Crippen LogP contribution < -0.4 is 0 Å². The summed E-state index contributed by atoms with van der Waals surface area (Å²) in [5.41, 5.74) is 2.47. The number of rotatable bonds is 2. The van der Waals surface area contributed by atoms with E-state index in [-0.39, 0.29) is 0 Å². The van der Waals surface area contributed by atoms with Gasteiger partial charge in [-0.05, 0) is 25.0 Å². The minimum absolute atomic E-state index is 0.311. The van der Waals surface area contributed by atoms with Gasteiger partial charge in [0.1, 0.15) is 5.76 Å². The van der Waals surface area contributed by atoms with E-state index in [2.05, 4.69) is 42.2 Å². The van der Waals surface area contributed by atoms with E-state index in [1.165, 1.54) is 11.1 Å². The topological polar surface area (TPSA) is 30.9 Å². The molecular formula is C19H25NO3. The van der Waals surface area contributed by atoms with Gasteiger partial charge in [-0.2, -0.15) is 0 Å². The highest BCUT2D eigenvalue weighted by molar-refractivity contribution is 5.52. The zero-order valence-electron chi connectivity index (χ0n) is 13.8. The molecular weight excluding hydrogens is 290 g/mol. The highest BCUT2D eigenvalue weighted by atomic mass is 16.7. The number of ether oxygens (including phenoxy) is 3. The van der Waals surface area contributed by atoms with Gasteiger partial charge in [0.25, 0.3) is 0 Å². The molecule has 0 bridgehead atoms. The van der Waals surface area contributed by atoms with E-state index >= 15 is 0 Å². The number of hydrogen-bond donors (Lipinski definition) is 0. The van der Waals surface area contributed by atoms with Crippen LogP contribution in [0.3, 0.4) is 0 Å². The van der Waals surface area contributed by atoms with Crippen LogP contribution in [0, 0.1) is 6.92 Å². The highest BCUT2D eigenvalue weighted by Crippen LogP contribution is 2.44. The standard InChI is InChI=1S/C19H25NO3/c1-15-3-5-16(6-4-15)13-17-14-18(20-8-11-21-12-9-20)19(23-17)7-2-10-22-19/h3-6,13,18H,2,7-12,14H2,1H3/b17-13-/t18-,19+/m0/s1. The smallest absolute Gasteiger partial charge is 0.226 e. The van der Waals surface area contributed by atoms with Crippen LogP contribution in [-0.4, -0.2) is 49.6 Å². The Hall–Kier alpha value is -1.36. The minimum Gasteiger partial charge on any atom is -0.465 e. The van der Waals surface area contributed by atoms with E-state index in [4.69, 9.17) is 14.2 Å². The Morgan fingerprint density at radius 1 is 1.13 bits per heavy atom. The van der Waals surface area contributed by atoms with Crippen molar-refractivity contribution in [2.45, 2.75) is 38.0 Å². The molecule has 3 aliphatic heterocycles. The largest absolute Gasteiger partial charge is 0.465 e. The maximum absolute atomic E-state index is 6.37. The lowest BCUT2D eigenvalue weighted by Gasteiger charge is -2.38. The van der Waals surface area contributed by atoms with E-state index in [9.17, 15) is 0 Å². The van der Waals surface area contributed by atoms with E-state index in [1.807, 2.05) is 0 Å². The molecule has 0 aromatic heterocycles. The van der Waals surface area contributed by atoms with Gasteiger partial charge in [0.15, 0.2) is 0 Å². The SMILES string of the molecule is Cc1ccc(/C=C2/C[C@H](N3CCOCC3)[C@@]3(CCCO3)O2)cc1. The normalized spacial score (nSPS) is 33.4. The molecule has 0 amide bonds. The van der Waals surface area contributed by atoms with Gasteiger partial charge in [-0.1, -0.05) is 29.8 Å². The lowest BCUT2D eigenvalue weighted by molar-refractivity contribution is -0.198. The van der Waals surface area contributed by atoms with E-state index in [1.54, 1.807) is 0 Å². The molecule has 23 heavy (non-hydrogen) atoms. The average Bonchev–Trinajstić information content (AvgIpc) is 3.18. The summed E-state index contributed by atoms with van der Waals surface area (Å²) >= 11 is 0. The fourth-order valence-corrected chi connectivity index (χ4v) is 3.89. The van der Waals surface area contributed by atoms with Gasteiger partial charge in [0.05, 0.1) is 25.9 Å². The number of nitrogens with zero attached hydrogens (tertiary/aromatic N) is 1. The maximum Gasteiger partial charge on any atom is 0.226 e. The van der Waals surface area contributed by atoms with Crippen molar-refractivity contribution < 1.29 is 14.2 Å².